The van der Waals surface area contributed by atoms with Crippen LogP contribution in [0.3, 0.4) is 0 Å². The van der Waals surface area contributed by atoms with Crippen LogP contribution in [0.1, 0.15) is 36.0 Å². The third-order valence-electron chi connectivity index (χ3n) is 3.58. The van der Waals surface area contributed by atoms with Crippen LogP contribution in [-0.2, 0) is 0 Å². The number of hydrogen-bond acceptors (Lipinski definition) is 2. The molecule has 2 heteroatoms. The smallest absolute Gasteiger partial charge is 0.180 e. The first-order valence-electron chi connectivity index (χ1n) is 6.77. The van der Waals surface area contributed by atoms with Gasteiger partial charge in [0.1, 0.15) is 0 Å². The van der Waals surface area contributed by atoms with E-state index in [9.17, 15) is 4.79 Å². The van der Waals surface area contributed by atoms with E-state index in [1.165, 1.54) is 19.3 Å². The Hall–Kier alpha value is -1.41. The van der Waals surface area contributed by atoms with Gasteiger partial charge in [0.25, 0.3) is 0 Å². The number of ketones is 1. The molecule has 1 aromatic carbocycles. The molecule has 0 bridgehead atoms. The lowest BCUT2D eigenvalue weighted by atomic mass is 9.98. The van der Waals surface area contributed by atoms with E-state index in [-0.39, 0.29) is 11.8 Å². The van der Waals surface area contributed by atoms with Gasteiger partial charge in [0.15, 0.2) is 5.78 Å². The van der Waals surface area contributed by atoms with Crippen molar-refractivity contribution in [3.05, 3.63) is 48.6 Å². The van der Waals surface area contributed by atoms with Gasteiger partial charge < -0.3 is 0 Å². The summed E-state index contributed by atoms with van der Waals surface area (Å²) in [5, 5.41) is 0. The summed E-state index contributed by atoms with van der Waals surface area (Å²) in [6.45, 7) is 5.87. The third-order valence-corrected chi connectivity index (χ3v) is 3.58. The van der Waals surface area contributed by atoms with Gasteiger partial charge in [0.2, 0.25) is 0 Å². The van der Waals surface area contributed by atoms with Crippen molar-refractivity contribution in [3.63, 3.8) is 0 Å². The fourth-order valence-corrected chi connectivity index (χ4v) is 2.60. The van der Waals surface area contributed by atoms with Crippen molar-refractivity contribution in [2.45, 2.75) is 31.7 Å². The molecule has 1 atom stereocenters. The lowest BCUT2D eigenvalue weighted by Gasteiger charge is -2.33. The molecule has 1 heterocycles. The van der Waals surface area contributed by atoms with Crippen LogP contribution in [0.4, 0.5) is 0 Å². The van der Waals surface area contributed by atoms with Gasteiger partial charge >= 0.3 is 0 Å². The molecule has 0 spiro atoms. The van der Waals surface area contributed by atoms with E-state index in [2.05, 4.69) is 11.5 Å². The highest BCUT2D eigenvalue weighted by atomic mass is 16.1. The topological polar surface area (TPSA) is 20.3 Å². The number of piperidine rings is 1. The Balaban J connectivity index is 2.13. The highest BCUT2D eigenvalue weighted by Crippen LogP contribution is 2.18. The number of nitrogens with zero attached hydrogens (tertiary/aromatic N) is 1. The fourth-order valence-electron chi connectivity index (χ4n) is 2.60. The molecule has 1 aliphatic rings. The molecule has 0 N–H and O–H groups in total. The maximum atomic E-state index is 12.5. The van der Waals surface area contributed by atoms with Gasteiger partial charge in [-0.3, -0.25) is 9.69 Å². The van der Waals surface area contributed by atoms with E-state index < -0.39 is 0 Å². The van der Waals surface area contributed by atoms with Crippen molar-refractivity contribution in [2.75, 3.05) is 13.1 Å². The quantitative estimate of drug-likeness (QED) is 0.584. The van der Waals surface area contributed by atoms with Crippen LogP contribution >= 0.6 is 0 Å². The van der Waals surface area contributed by atoms with Gasteiger partial charge in [-0.25, -0.2) is 0 Å². The molecule has 0 aliphatic carbocycles. The summed E-state index contributed by atoms with van der Waals surface area (Å²) in [5.41, 5.74) is 0.815. The first-order valence-corrected chi connectivity index (χ1v) is 6.77. The van der Waals surface area contributed by atoms with Crippen LogP contribution < -0.4 is 0 Å². The Morgan fingerprint density at radius 1 is 1.22 bits per heavy atom. The highest BCUT2D eigenvalue weighted by molar-refractivity contribution is 6.00. The Morgan fingerprint density at radius 3 is 2.50 bits per heavy atom. The van der Waals surface area contributed by atoms with Crippen molar-refractivity contribution in [2.24, 2.45) is 0 Å². The standard InChI is InChI=1S/C16H21NO/c1-2-9-15(17-12-7-4-8-13-17)16(18)14-10-5-3-6-11-14/h2-3,5-6,10-11,15H,1,4,7-9,12-13H2. The van der Waals surface area contributed by atoms with Crippen LogP contribution in [0.15, 0.2) is 43.0 Å². The number of likely N-dealkylation sites (tertiary alicyclic amines) is 1. The molecular weight excluding hydrogens is 222 g/mol. The van der Waals surface area contributed by atoms with Crippen LogP contribution in [0, 0.1) is 0 Å². The zero-order valence-corrected chi connectivity index (χ0v) is 10.8. The second-order valence-electron chi connectivity index (χ2n) is 4.87. The number of Topliss-reactive ketones (excluding diaryl/α,β-unsaturated/α-hetero) is 1. The molecule has 1 fully saturated rings. The average molecular weight is 243 g/mol. The Labute approximate surface area is 109 Å². The zero-order chi connectivity index (χ0) is 12.8. The van der Waals surface area contributed by atoms with Crippen molar-refractivity contribution in [1.29, 1.82) is 0 Å². The molecule has 0 amide bonds. The molecule has 0 radical (unpaired) electrons. The van der Waals surface area contributed by atoms with Gasteiger partial charge in [-0.15, -0.1) is 6.58 Å². The van der Waals surface area contributed by atoms with E-state index >= 15 is 0 Å². The molecule has 1 unspecified atom stereocenters. The van der Waals surface area contributed by atoms with E-state index in [0.29, 0.717) is 0 Å². The summed E-state index contributed by atoms with van der Waals surface area (Å²) in [6, 6.07) is 9.58. The van der Waals surface area contributed by atoms with Gasteiger partial charge in [-0.05, 0) is 32.4 Å². The van der Waals surface area contributed by atoms with Gasteiger partial charge in [0, 0.05) is 5.56 Å². The highest BCUT2D eigenvalue weighted by Gasteiger charge is 2.26. The molecule has 0 saturated carbocycles. The van der Waals surface area contributed by atoms with Crippen molar-refractivity contribution in [1.82, 2.24) is 4.90 Å². The first kappa shape index (κ1) is 13.0. The second-order valence-corrected chi connectivity index (χ2v) is 4.87. The van der Waals surface area contributed by atoms with E-state index in [1.54, 1.807) is 0 Å². The fraction of sp³-hybridized carbons (Fsp3) is 0.438. The number of carbonyl (C=O) groups excluding carboxylic acids is 1. The third kappa shape index (κ3) is 3.08. The lowest BCUT2D eigenvalue weighted by molar-refractivity contribution is 0.0787. The van der Waals surface area contributed by atoms with E-state index in [0.717, 1.165) is 25.1 Å². The summed E-state index contributed by atoms with van der Waals surface area (Å²) < 4.78 is 0. The monoisotopic (exact) mass is 243 g/mol. The summed E-state index contributed by atoms with van der Waals surface area (Å²) >= 11 is 0. The van der Waals surface area contributed by atoms with Crippen molar-refractivity contribution >= 4 is 5.78 Å². The molecular formula is C16H21NO. The minimum atomic E-state index is -0.0230. The van der Waals surface area contributed by atoms with Gasteiger partial charge in [0.05, 0.1) is 6.04 Å². The van der Waals surface area contributed by atoms with Crippen LogP contribution in [0.5, 0.6) is 0 Å². The molecule has 2 rings (SSSR count). The van der Waals surface area contributed by atoms with E-state index in [4.69, 9.17) is 0 Å². The predicted octanol–water partition coefficient (Wildman–Crippen LogP) is 3.30. The zero-order valence-electron chi connectivity index (χ0n) is 10.8. The summed E-state index contributed by atoms with van der Waals surface area (Å²) in [4.78, 5) is 14.9. The average Bonchev–Trinajstić information content (AvgIpc) is 2.46. The molecule has 18 heavy (non-hydrogen) atoms. The van der Waals surface area contributed by atoms with Crippen LogP contribution in [0.2, 0.25) is 0 Å². The SMILES string of the molecule is C=CCC(C(=O)c1ccccc1)N1CCCCC1. The Morgan fingerprint density at radius 2 is 1.89 bits per heavy atom. The van der Waals surface area contributed by atoms with Gasteiger partial charge in [-0.1, -0.05) is 42.8 Å². The Kier molecular flexibility index (Phi) is 4.71. The second kappa shape index (κ2) is 6.50. The molecule has 0 aromatic heterocycles. The molecule has 96 valence electrons. The van der Waals surface area contributed by atoms with Crippen LogP contribution in [0.25, 0.3) is 0 Å². The molecule has 2 nitrogen and oxygen atoms in total. The first-order chi connectivity index (χ1) is 8.83. The van der Waals surface area contributed by atoms with Crippen molar-refractivity contribution in [3.8, 4) is 0 Å². The normalized spacial score (nSPS) is 18.2. The van der Waals surface area contributed by atoms with Crippen LogP contribution in [-0.4, -0.2) is 29.8 Å². The lowest BCUT2D eigenvalue weighted by Crippen LogP contribution is -2.43. The minimum Gasteiger partial charge on any atom is -0.293 e. The summed E-state index contributed by atoms with van der Waals surface area (Å²) in [6.07, 6.45) is 6.30. The molecule has 1 aromatic rings. The number of rotatable bonds is 5. The van der Waals surface area contributed by atoms with E-state index in [1.807, 2.05) is 36.4 Å². The maximum Gasteiger partial charge on any atom is 0.180 e. The Bertz CT molecular complexity index is 393. The number of hydrogen-bond donors (Lipinski definition) is 0. The number of carbonyl (C=O) groups is 1. The number of benzene rings is 1. The minimum absolute atomic E-state index is 0.0230. The maximum absolute atomic E-state index is 12.5. The largest absolute Gasteiger partial charge is 0.293 e. The summed E-state index contributed by atoms with van der Waals surface area (Å²) in [5.74, 6) is 0.234. The predicted molar refractivity (Wildman–Crippen MR) is 74.8 cm³/mol. The van der Waals surface area contributed by atoms with Gasteiger partial charge in [-0.2, -0.15) is 0 Å². The van der Waals surface area contributed by atoms with Crippen molar-refractivity contribution < 1.29 is 4.79 Å². The molecule has 1 saturated heterocycles. The molecule has 1 aliphatic heterocycles. The summed E-state index contributed by atoms with van der Waals surface area (Å²) in [7, 11) is 0.